The summed E-state index contributed by atoms with van der Waals surface area (Å²) in [4.78, 5) is 11.9. The fourth-order valence-electron chi connectivity index (χ4n) is 1.89. The van der Waals surface area contributed by atoms with Crippen LogP contribution in [0.25, 0.3) is 0 Å². The first-order valence-electron chi connectivity index (χ1n) is 5.10. The number of anilines is 1. The highest BCUT2D eigenvalue weighted by Gasteiger charge is 2.30. The Morgan fingerprint density at radius 1 is 1.28 bits per heavy atom. The molecule has 6 nitrogen and oxygen atoms in total. The summed E-state index contributed by atoms with van der Waals surface area (Å²) >= 11 is 0. The summed E-state index contributed by atoms with van der Waals surface area (Å²) in [7, 11) is 2.74. The van der Waals surface area contributed by atoms with Gasteiger partial charge in [0.1, 0.15) is 23.0 Å². The molecule has 0 heterocycles. The molecule has 0 aliphatic heterocycles. The van der Waals surface area contributed by atoms with Crippen LogP contribution in [-0.4, -0.2) is 30.8 Å². The molecule has 0 saturated heterocycles. The molecule has 0 radical (unpaired) electrons. The topological polar surface area (TPSA) is 106 Å². The number of benzene rings is 1. The highest BCUT2D eigenvalue weighted by molar-refractivity contribution is 6.28. The van der Waals surface area contributed by atoms with Gasteiger partial charge in [0.25, 0.3) is 0 Å². The van der Waals surface area contributed by atoms with Gasteiger partial charge in [0.15, 0.2) is 5.78 Å². The van der Waals surface area contributed by atoms with Crippen molar-refractivity contribution in [3.63, 3.8) is 0 Å². The maximum atomic E-state index is 11.9. The fourth-order valence-corrected chi connectivity index (χ4v) is 1.89. The number of nitrogen functional groups attached to an aromatic ring is 1. The van der Waals surface area contributed by atoms with Gasteiger partial charge >= 0.3 is 0 Å². The zero-order chi connectivity index (χ0) is 13.4. The second kappa shape index (κ2) is 4.06. The molecule has 18 heavy (non-hydrogen) atoms. The molecule has 1 aliphatic rings. The van der Waals surface area contributed by atoms with Gasteiger partial charge in [-0.1, -0.05) is 0 Å². The normalized spacial score (nSPS) is 14.0. The Kier molecular flexibility index (Phi) is 2.70. The highest BCUT2D eigenvalue weighted by Crippen LogP contribution is 2.38. The third-order valence-corrected chi connectivity index (χ3v) is 2.75. The molecule has 6 heteroatoms. The number of methoxy groups -OCH3 is 2. The van der Waals surface area contributed by atoms with E-state index in [0.717, 1.165) is 6.08 Å². The fraction of sp³-hybridized carbons (Fsp3) is 0.167. The summed E-state index contributed by atoms with van der Waals surface area (Å²) in [6, 6.07) is 1.25. The number of phenolic OH excluding ortho intramolecular Hbond substituents is 1. The quantitative estimate of drug-likeness (QED) is 0.536. The lowest BCUT2D eigenvalue weighted by Crippen LogP contribution is -2.20. The molecule has 4 N–H and O–H groups in total. The number of carbonyl (C=O) groups excluding carboxylic acids is 1. The average Bonchev–Trinajstić information content (AvgIpc) is 2.35. The first kappa shape index (κ1) is 12.0. The number of fused-ring (bicyclic) bond motifs is 1. The Balaban J connectivity index is 2.78. The van der Waals surface area contributed by atoms with Crippen molar-refractivity contribution in [2.24, 2.45) is 0 Å². The van der Waals surface area contributed by atoms with Gasteiger partial charge in [-0.3, -0.25) is 10.2 Å². The van der Waals surface area contributed by atoms with E-state index < -0.39 is 5.78 Å². The second-order valence-corrected chi connectivity index (χ2v) is 3.71. The van der Waals surface area contributed by atoms with Crippen LogP contribution in [0.1, 0.15) is 15.9 Å². The number of hydrogen-bond acceptors (Lipinski definition) is 6. The Labute approximate surface area is 103 Å². The van der Waals surface area contributed by atoms with E-state index in [0.29, 0.717) is 0 Å². The Hall–Kier alpha value is -2.50. The molecule has 0 spiro atoms. The zero-order valence-corrected chi connectivity index (χ0v) is 9.90. The zero-order valence-electron chi connectivity index (χ0n) is 9.90. The highest BCUT2D eigenvalue weighted by atomic mass is 16.5. The molecule has 1 aromatic rings. The number of ketones is 1. The van der Waals surface area contributed by atoms with E-state index in [2.05, 4.69) is 0 Å². The minimum absolute atomic E-state index is 0.000833. The minimum Gasteiger partial charge on any atom is -0.507 e. The molecule has 0 bridgehead atoms. The smallest absolute Gasteiger partial charge is 0.194 e. The van der Waals surface area contributed by atoms with Gasteiger partial charge in [0.05, 0.1) is 25.5 Å². The van der Waals surface area contributed by atoms with Crippen molar-refractivity contribution in [2.75, 3.05) is 20.0 Å². The van der Waals surface area contributed by atoms with Gasteiger partial charge in [0, 0.05) is 17.7 Å². The first-order chi connectivity index (χ1) is 8.51. The lowest BCUT2D eigenvalue weighted by Gasteiger charge is -2.20. The molecule has 0 unspecified atom stereocenters. The molecule has 2 rings (SSSR count). The standard InChI is InChI=1S/C12H12N2O4/c1-17-7-3-5(15)9-6(16)4-8(18-2)12(14)10(9)11(7)13/h3-4,13,16H,14H2,1-2H3. The summed E-state index contributed by atoms with van der Waals surface area (Å²) < 4.78 is 9.93. The number of ether oxygens (including phenoxy) is 2. The number of nitrogens with one attached hydrogen (secondary N) is 1. The molecule has 0 saturated carbocycles. The average molecular weight is 248 g/mol. The molecule has 1 aromatic carbocycles. The van der Waals surface area contributed by atoms with Crippen LogP contribution in [0, 0.1) is 5.41 Å². The number of nitrogens with two attached hydrogens (primary N) is 1. The monoisotopic (exact) mass is 248 g/mol. The number of rotatable bonds is 2. The third kappa shape index (κ3) is 1.50. The van der Waals surface area contributed by atoms with Gasteiger partial charge in [-0.15, -0.1) is 0 Å². The van der Waals surface area contributed by atoms with Crippen molar-refractivity contribution < 1.29 is 19.4 Å². The molecule has 0 atom stereocenters. The van der Waals surface area contributed by atoms with Crippen LogP contribution in [0.15, 0.2) is 17.9 Å². The van der Waals surface area contributed by atoms with Crippen molar-refractivity contribution in [2.45, 2.75) is 0 Å². The van der Waals surface area contributed by atoms with E-state index in [9.17, 15) is 9.90 Å². The maximum absolute atomic E-state index is 11.9. The molecule has 94 valence electrons. The van der Waals surface area contributed by atoms with Crippen molar-refractivity contribution in [1.82, 2.24) is 0 Å². The lowest BCUT2D eigenvalue weighted by molar-refractivity contribution is 0.103. The van der Waals surface area contributed by atoms with Gasteiger partial charge in [-0.2, -0.15) is 0 Å². The van der Waals surface area contributed by atoms with E-state index in [1.807, 2.05) is 0 Å². The minimum atomic E-state index is -0.454. The van der Waals surface area contributed by atoms with Gasteiger partial charge in [-0.05, 0) is 0 Å². The van der Waals surface area contributed by atoms with E-state index in [4.69, 9.17) is 20.6 Å². The molecular weight excluding hydrogens is 236 g/mol. The number of hydrogen-bond donors (Lipinski definition) is 3. The van der Waals surface area contributed by atoms with Crippen LogP contribution < -0.4 is 10.5 Å². The first-order valence-corrected chi connectivity index (χ1v) is 5.10. The van der Waals surface area contributed by atoms with Gasteiger partial charge in [0.2, 0.25) is 0 Å². The molecular formula is C12H12N2O4. The van der Waals surface area contributed by atoms with Crippen LogP contribution >= 0.6 is 0 Å². The van der Waals surface area contributed by atoms with Crippen LogP contribution in [0.4, 0.5) is 5.69 Å². The van der Waals surface area contributed by atoms with E-state index in [1.165, 1.54) is 20.3 Å². The summed E-state index contributed by atoms with van der Waals surface area (Å²) in [6.07, 6.45) is 1.15. The summed E-state index contributed by atoms with van der Waals surface area (Å²) in [5, 5.41) is 17.8. The molecule has 0 aromatic heterocycles. The number of phenols is 1. The van der Waals surface area contributed by atoms with Crippen molar-refractivity contribution in [3.8, 4) is 11.5 Å². The number of allylic oxidation sites excluding steroid dienone is 2. The summed E-state index contributed by atoms with van der Waals surface area (Å²) in [5.41, 5.74) is 6.05. The summed E-state index contributed by atoms with van der Waals surface area (Å²) in [5.74, 6) is -0.407. The van der Waals surface area contributed by atoms with Crippen molar-refractivity contribution in [3.05, 3.63) is 29.0 Å². The lowest BCUT2D eigenvalue weighted by atomic mass is 9.90. The second-order valence-electron chi connectivity index (χ2n) is 3.71. The largest absolute Gasteiger partial charge is 0.507 e. The Morgan fingerprint density at radius 2 is 1.94 bits per heavy atom. The number of carbonyl (C=O) groups is 1. The molecule has 1 aliphatic carbocycles. The van der Waals surface area contributed by atoms with E-state index in [-0.39, 0.29) is 39.8 Å². The SMILES string of the molecule is COC1=CC(=O)c2c(O)cc(OC)c(N)c2C1=N. The van der Waals surface area contributed by atoms with Crippen LogP contribution in [-0.2, 0) is 4.74 Å². The number of aromatic hydroxyl groups is 1. The van der Waals surface area contributed by atoms with Crippen LogP contribution in [0.3, 0.4) is 0 Å². The van der Waals surface area contributed by atoms with E-state index >= 15 is 0 Å². The third-order valence-electron chi connectivity index (χ3n) is 2.75. The Bertz CT molecular complexity index is 590. The summed E-state index contributed by atoms with van der Waals surface area (Å²) in [6.45, 7) is 0. The maximum Gasteiger partial charge on any atom is 0.194 e. The van der Waals surface area contributed by atoms with Crippen LogP contribution in [0.5, 0.6) is 11.5 Å². The van der Waals surface area contributed by atoms with Crippen LogP contribution in [0.2, 0.25) is 0 Å². The Morgan fingerprint density at radius 3 is 2.50 bits per heavy atom. The van der Waals surface area contributed by atoms with Gasteiger partial charge < -0.3 is 20.3 Å². The van der Waals surface area contributed by atoms with Crippen molar-refractivity contribution >= 4 is 17.2 Å². The van der Waals surface area contributed by atoms with Gasteiger partial charge in [-0.25, -0.2) is 0 Å². The van der Waals surface area contributed by atoms with Crippen molar-refractivity contribution in [1.29, 1.82) is 5.41 Å². The predicted molar refractivity (Wildman–Crippen MR) is 65.3 cm³/mol. The molecule has 0 fully saturated rings. The molecule has 0 amide bonds. The predicted octanol–water partition coefficient (Wildman–Crippen LogP) is 1.08. The van der Waals surface area contributed by atoms with E-state index in [1.54, 1.807) is 0 Å².